The number of amides is 4. The first kappa shape index (κ1) is 60.4. The third-order valence-electron chi connectivity index (χ3n) is 14.6. The van der Waals surface area contributed by atoms with Crippen LogP contribution in [0.3, 0.4) is 0 Å². The SMILES string of the molecule is C=C1CCC(N2C(=O)c3cccc(NCCOCCOCCOCCC(=O)NCCCCNc4ncnc5c4ncn5[C@@H]4O[C@H](CN(CCCCCCC(=O)Cc5ccc(C(C)(C)C)cc5)C(C)C)C(O)[C@@H]4O)c3C2=O)C(=O)N1. The van der Waals surface area contributed by atoms with E-state index in [1.807, 2.05) is 0 Å². The lowest BCUT2D eigenvalue weighted by atomic mass is 9.86. The minimum atomic E-state index is -1.20. The number of imide groups is 1. The predicted octanol–water partition coefficient (Wildman–Crippen LogP) is 5.46. The predicted molar refractivity (Wildman–Crippen MR) is 298 cm³/mol. The number of aliphatic hydroxyl groups is 2. The van der Waals surface area contributed by atoms with Crippen molar-refractivity contribution in [3.8, 4) is 0 Å². The summed E-state index contributed by atoms with van der Waals surface area (Å²) in [7, 11) is 0. The third kappa shape index (κ3) is 16.7. The van der Waals surface area contributed by atoms with Gasteiger partial charge >= 0.3 is 0 Å². The molecule has 0 saturated carbocycles. The lowest BCUT2D eigenvalue weighted by Crippen LogP contribution is -2.51. The van der Waals surface area contributed by atoms with E-state index in [1.54, 1.807) is 29.1 Å². The van der Waals surface area contributed by atoms with Gasteiger partial charge in [-0.2, -0.15) is 0 Å². The Morgan fingerprint density at radius 1 is 0.835 bits per heavy atom. The van der Waals surface area contributed by atoms with Gasteiger partial charge in [-0.15, -0.1) is 0 Å². The molecule has 4 amide bonds. The molecule has 0 radical (unpaired) electrons. The van der Waals surface area contributed by atoms with Crippen molar-refractivity contribution >= 4 is 52.1 Å². The Labute approximate surface area is 463 Å². The largest absolute Gasteiger partial charge is 0.387 e. The van der Waals surface area contributed by atoms with Gasteiger partial charge in [0.25, 0.3) is 11.8 Å². The molecule has 3 aliphatic heterocycles. The van der Waals surface area contributed by atoms with Crippen molar-refractivity contribution in [1.29, 1.82) is 0 Å². The van der Waals surface area contributed by atoms with Gasteiger partial charge in [-0.3, -0.25) is 38.3 Å². The lowest BCUT2D eigenvalue weighted by Gasteiger charge is -2.30. The van der Waals surface area contributed by atoms with Crippen LogP contribution in [0.2, 0.25) is 0 Å². The molecule has 79 heavy (non-hydrogen) atoms. The highest BCUT2D eigenvalue weighted by Gasteiger charge is 2.46. The quantitative estimate of drug-likeness (QED) is 0.0255. The van der Waals surface area contributed by atoms with Gasteiger partial charge in [-0.25, -0.2) is 15.0 Å². The molecule has 6 N–H and O–H groups in total. The number of rotatable bonds is 33. The molecule has 0 bridgehead atoms. The van der Waals surface area contributed by atoms with Gasteiger partial charge in [0.15, 0.2) is 23.2 Å². The van der Waals surface area contributed by atoms with Crippen molar-refractivity contribution in [2.45, 2.75) is 147 Å². The van der Waals surface area contributed by atoms with Crippen molar-refractivity contribution in [2.24, 2.45) is 0 Å². The molecule has 0 aliphatic carbocycles. The zero-order chi connectivity index (χ0) is 56.5. The fraction of sp³-hybridized carbons (Fsp3) is 0.586. The Kier molecular flexibility index (Phi) is 22.4. The number of Topliss-reactive ketones (excluding diaryl/α,β-unsaturated/α-hetero) is 1. The summed E-state index contributed by atoms with van der Waals surface area (Å²) < 4.78 is 24.8. The second-order valence-electron chi connectivity index (χ2n) is 21.9. The monoisotopic (exact) mass is 1090 g/mol. The molecular formula is C58H82N10O11. The van der Waals surface area contributed by atoms with Crippen LogP contribution < -0.4 is 21.3 Å². The molecule has 21 heteroatoms. The number of imidazole rings is 1. The first-order valence-electron chi connectivity index (χ1n) is 28.0. The fourth-order valence-corrected chi connectivity index (χ4v) is 9.98. The summed E-state index contributed by atoms with van der Waals surface area (Å²) >= 11 is 0. The molecule has 7 rings (SSSR count). The molecule has 2 fully saturated rings. The third-order valence-corrected chi connectivity index (χ3v) is 14.6. The van der Waals surface area contributed by atoms with E-state index in [2.05, 4.69) is 107 Å². The summed E-state index contributed by atoms with van der Waals surface area (Å²) in [5.74, 6) is -0.709. The van der Waals surface area contributed by atoms with Gasteiger partial charge < -0.3 is 50.4 Å². The van der Waals surface area contributed by atoms with E-state index in [-0.39, 0.29) is 47.3 Å². The maximum absolute atomic E-state index is 13.3. The number of ketones is 1. The summed E-state index contributed by atoms with van der Waals surface area (Å²) in [6.07, 6.45) is 6.47. The molecule has 5 heterocycles. The lowest BCUT2D eigenvalue weighted by molar-refractivity contribution is -0.125. The molecule has 21 nitrogen and oxygen atoms in total. The van der Waals surface area contributed by atoms with Crippen molar-refractivity contribution in [3.05, 3.63) is 89.6 Å². The van der Waals surface area contributed by atoms with E-state index in [1.165, 1.54) is 11.9 Å². The Hall–Kier alpha value is -6.20. The number of aromatic nitrogens is 4. The number of hydrogen-bond donors (Lipinski definition) is 6. The number of fused-ring (bicyclic) bond motifs is 2. The minimum absolute atomic E-state index is 0.0857. The normalized spacial score (nSPS) is 19.5. The number of carbonyl (C=O) groups excluding carboxylic acids is 5. The molecule has 2 aromatic carbocycles. The topological polar surface area (TPSA) is 261 Å². The van der Waals surface area contributed by atoms with Crippen LogP contribution in [0.4, 0.5) is 11.5 Å². The van der Waals surface area contributed by atoms with Gasteiger partial charge in [0, 0.05) is 62.9 Å². The smallest absolute Gasteiger partial charge is 0.264 e. The minimum Gasteiger partial charge on any atom is -0.387 e. The van der Waals surface area contributed by atoms with Crippen molar-refractivity contribution in [2.75, 3.05) is 83.0 Å². The van der Waals surface area contributed by atoms with Gasteiger partial charge in [-0.1, -0.05) is 70.5 Å². The van der Waals surface area contributed by atoms with E-state index >= 15 is 0 Å². The van der Waals surface area contributed by atoms with Crippen LogP contribution in [0, 0.1) is 0 Å². The van der Waals surface area contributed by atoms with Crippen LogP contribution >= 0.6 is 0 Å². The summed E-state index contributed by atoms with van der Waals surface area (Å²) in [5, 5.41) is 34.4. The van der Waals surface area contributed by atoms with Gasteiger partial charge in [0.05, 0.1) is 57.1 Å². The van der Waals surface area contributed by atoms with Crippen LogP contribution in [0.15, 0.2) is 67.4 Å². The van der Waals surface area contributed by atoms with E-state index < -0.39 is 48.3 Å². The Morgan fingerprint density at radius 2 is 1.56 bits per heavy atom. The van der Waals surface area contributed by atoms with Crippen LogP contribution in [0.5, 0.6) is 0 Å². The summed E-state index contributed by atoms with van der Waals surface area (Å²) in [5.41, 5.74) is 4.96. The van der Waals surface area contributed by atoms with Crippen LogP contribution in [0.1, 0.15) is 137 Å². The van der Waals surface area contributed by atoms with E-state index in [4.69, 9.17) is 18.9 Å². The van der Waals surface area contributed by atoms with Crippen molar-refractivity contribution in [3.63, 3.8) is 0 Å². The molecule has 3 aliphatic rings. The highest BCUT2D eigenvalue weighted by atomic mass is 16.6. The number of benzene rings is 2. The van der Waals surface area contributed by atoms with Crippen molar-refractivity contribution < 1.29 is 53.1 Å². The number of nitrogens with zero attached hydrogens (tertiary/aromatic N) is 6. The van der Waals surface area contributed by atoms with Crippen molar-refractivity contribution in [1.82, 2.24) is 40.0 Å². The zero-order valence-corrected chi connectivity index (χ0v) is 46.7. The highest BCUT2D eigenvalue weighted by Crippen LogP contribution is 2.35. The summed E-state index contributed by atoms with van der Waals surface area (Å²) in [4.78, 5) is 80.8. The molecule has 0 spiro atoms. The molecule has 5 atom stereocenters. The van der Waals surface area contributed by atoms with Gasteiger partial charge in [0.1, 0.15) is 36.5 Å². The Balaban J connectivity index is 0.701. The number of aliphatic hydroxyl groups excluding tert-OH is 2. The first-order valence-corrected chi connectivity index (χ1v) is 28.0. The molecule has 4 aromatic rings. The van der Waals surface area contributed by atoms with Crippen LogP contribution in [-0.2, 0) is 45.2 Å². The number of nitrogens with one attached hydrogen (secondary N) is 4. The zero-order valence-electron chi connectivity index (χ0n) is 46.7. The number of carbonyl (C=O) groups is 5. The Bertz CT molecular complexity index is 2690. The number of unbranched alkanes of at least 4 members (excludes halogenated alkanes) is 4. The summed E-state index contributed by atoms with van der Waals surface area (Å²) in [6.45, 7) is 19.2. The van der Waals surface area contributed by atoms with Gasteiger partial charge in [0.2, 0.25) is 11.8 Å². The van der Waals surface area contributed by atoms with E-state index in [0.717, 1.165) is 55.5 Å². The number of anilines is 2. The molecule has 2 aromatic heterocycles. The molecule has 430 valence electrons. The van der Waals surface area contributed by atoms with E-state index in [0.29, 0.717) is 113 Å². The standard InChI is InChI=1S/C58H82N10O11/c1-38(2)66(27-12-8-7-9-14-42(69)34-40-18-20-41(21-19-40)58(4,5)6)35-46-50(71)51(72)57(79-46)67-37-64-49-52(62-36-63-53(49)67)61-25-11-10-24-60-47(70)23-28-76-30-32-78-33-31-77-29-26-59-44-16-13-15-43-48(44)56(75)68(55(43)74)45-22-17-39(3)65-54(45)73/h13,15-16,18-21,36-38,45-46,50-51,57,59,71-72H,3,7-12,14,17,22-35H2,1-2,4-6H3,(H,60,70)(H,65,73)(H,61,62,63)/t45?,46-,50?,51+,57-/m1/s1. The molecular weight excluding hydrogens is 1010 g/mol. The summed E-state index contributed by atoms with van der Waals surface area (Å²) in [6, 6.07) is 12.7. The highest BCUT2D eigenvalue weighted by molar-refractivity contribution is 6.25. The second-order valence-corrected chi connectivity index (χ2v) is 21.9. The maximum Gasteiger partial charge on any atom is 0.264 e. The second kappa shape index (κ2) is 29.3. The number of hydrogen-bond acceptors (Lipinski definition) is 17. The van der Waals surface area contributed by atoms with Crippen LogP contribution in [0.25, 0.3) is 11.2 Å². The van der Waals surface area contributed by atoms with E-state index in [9.17, 15) is 34.2 Å². The first-order chi connectivity index (χ1) is 38.0. The average Bonchev–Trinajstić information content (AvgIpc) is 4.27. The van der Waals surface area contributed by atoms with Crippen LogP contribution in [-0.4, -0.2) is 172 Å². The Morgan fingerprint density at radius 3 is 2.29 bits per heavy atom. The fourth-order valence-electron chi connectivity index (χ4n) is 9.98. The van der Waals surface area contributed by atoms with Gasteiger partial charge in [-0.05, 0) is 87.6 Å². The number of allylic oxidation sites excluding steroid dienone is 1. The average molecular weight is 1100 g/mol. The molecule has 2 saturated heterocycles. The molecule has 2 unspecified atom stereocenters. The number of ether oxygens (including phenoxy) is 4. The number of piperidine rings is 1. The maximum atomic E-state index is 13.3.